The number of halogens is 1. The molecule has 2 fully saturated rings. The van der Waals surface area contributed by atoms with Crippen molar-refractivity contribution in [2.45, 2.75) is 36.9 Å². The second-order valence-electron chi connectivity index (χ2n) is 3.84. The summed E-state index contributed by atoms with van der Waals surface area (Å²) in [4.78, 5) is 1.75. The van der Waals surface area contributed by atoms with Gasteiger partial charge in [0, 0.05) is 13.1 Å². The maximum atomic E-state index is 13.1. The van der Waals surface area contributed by atoms with Gasteiger partial charge in [-0.05, 0) is 6.42 Å². The Kier molecular flexibility index (Phi) is 2.27. The lowest BCUT2D eigenvalue weighted by Crippen LogP contribution is -2.59. The molecule has 0 aromatic rings. The van der Waals surface area contributed by atoms with Crippen LogP contribution in [-0.4, -0.2) is 63.8 Å². The normalized spacial score (nSPS) is 52.2. The number of piperidine rings is 1. The molecule has 1 unspecified atom stereocenters. The van der Waals surface area contributed by atoms with E-state index < -0.39 is 30.5 Å². The summed E-state index contributed by atoms with van der Waals surface area (Å²) in [5.74, 6) is 0. The number of alkyl halides is 1. The molecule has 2 heterocycles. The van der Waals surface area contributed by atoms with Crippen LogP contribution in [0.5, 0.6) is 0 Å². The second kappa shape index (κ2) is 3.16. The van der Waals surface area contributed by atoms with Crippen LogP contribution >= 0.6 is 0 Å². The van der Waals surface area contributed by atoms with Gasteiger partial charge in [0.1, 0.15) is 12.2 Å². The summed E-state index contributed by atoms with van der Waals surface area (Å²) < 4.78 is 13.1. The molecule has 2 rings (SSSR count). The average Bonchev–Trinajstić information content (AvgIpc) is 2.43. The summed E-state index contributed by atoms with van der Waals surface area (Å²) >= 11 is 0. The van der Waals surface area contributed by atoms with Crippen LogP contribution in [0, 0.1) is 0 Å². The summed E-state index contributed by atoms with van der Waals surface area (Å²) in [6.07, 6.45) is -4.14. The van der Waals surface area contributed by atoms with Crippen molar-refractivity contribution in [3.8, 4) is 0 Å². The van der Waals surface area contributed by atoms with Crippen molar-refractivity contribution in [2.24, 2.45) is 0 Å². The molecule has 0 spiro atoms. The molecular formula is C8H14FNO3. The van der Waals surface area contributed by atoms with Crippen molar-refractivity contribution >= 4 is 0 Å². The van der Waals surface area contributed by atoms with Crippen molar-refractivity contribution in [2.75, 3.05) is 13.1 Å². The first-order chi connectivity index (χ1) is 6.11. The zero-order chi connectivity index (χ0) is 9.59. The van der Waals surface area contributed by atoms with Crippen LogP contribution < -0.4 is 0 Å². The lowest BCUT2D eigenvalue weighted by molar-refractivity contribution is -0.111. The fourth-order valence-corrected chi connectivity index (χ4v) is 2.27. The van der Waals surface area contributed by atoms with Gasteiger partial charge in [-0.15, -0.1) is 0 Å². The first-order valence-electron chi connectivity index (χ1n) is 4.53. The van der Waals surface area contributed by atoms with Crippen molar-refractivity contribution in [1.29, 1.82) is 0 Å². The molecule has 0 aliphatic carbocycles. The number of rotatable bonds is 0. The first kappa shape index (κ1) is 9.33. The van der Waals surface area contributed by atoms with Crippen LogP contribution in [0.3, 0.4) is 0 Å². The maximum Gasteiger partial charge on any atom is 0.154 e. The summed E-state index contributed by atoms with van der Waals surface area (Å²) in [7, 11) is 0. The number of fused-ring (bicyclic) bond motifs is 1. The molecule has 0 saturated carbocycles. The largest absolute Gasteiger partial charge is 0.391 e. The van der Waals surface area contributed by atoms with Gasteiger partial charge in [-0.25, -0.2) is 4.39 Å². The Morgan fingerprint density at radius 1 is 1.15 bits per heavy atom. The molecule has 0 amide bonds. The molecule has 5 heteroatoms. The topological polar surface area (TPSA) is 63.9 Å². The van der Waals surface area contributed by atoms with E-state index in [1.807, 2.05) is 0 Å². The molecule has 5 atom stereocenters. The summed E-state index contributed by atoms with van der Waals surface area (Å²) in [5, 5.41) is 28.1. The zero-order valence-electron chi connectivity index (χ0n) is 7.17. The third-order valence-electron chi connectivity index (χ3n) is 2.99. The van der Waals surface area contributed by atoms with Crippen LogP contribution in [0.2, 0.25) is 0 Å². The van der Waals surface area contributed by atoms with Gasteiger partial charge in [-0.1, -0.05) is 0 Å². The standard InChI is InChI=1S/C8H14FNO3/c9-6-5(12)3-10-2-1-4(11)7(10)8(6)13/h4-8,11-13H,1-3H2/t4-,5-,6-,7?,8-/m0/s1. The van der Waals surface area contributed by atoms with E-state index in [0.717, 1.165) is 0 Å². The molecule has 2 aliphatic heterocycles. The molecule has 0 aromatic heterocycles. The Morgan fingerprint density at radius 2 is 1.85 bits per heavy atom. The highest BCUT2D eigenvalue weighted by Gasteiger charge is 2.48. The maximum absolute atomic E-state index is 13.1. The third-order valence-corrected chi connectivity index (χ3v) is 2.99. The van der Waals surface area contributed by atoms with Gasteiger partial charge in [0.15, 0.2) is 6.17 Å². The number of aliphatic hydroxyl groups excluding tert-OH is 3. The molecule has 4 nitrogen and oxygen atoms in total. The molecule has 0 bridgehead atoms. The molecule has 2 aliphatic rings. The predicted octanol–water partition coefficient (Wildman–Crippen LogP) is -1.50. The molecule has 0 aromatic carbocycles. The van der Waals surface area contributed by atoms with E-state index >= 15 is 0 Å². The van der Waals surface area contributed by atoms with Crippen molar-refractivity contribution in [1.82, 2.24) is 4.90 Å². The second-order valence-corrected chi connectivity index (χ2v) is 3.84. The number of nitrogens with zero attached hydrogens (tertiary/aromatic N) is 1. The van der Waals surface area contributed by atoms with Gasteiger partial charge >= 0.3 is 0 Å². The number of hydrogen-bond donors (Lipinski definition) is 3. The smallest absolute Gasteiger partial charge is 0.154 e. The Balaban J connectivity index is 2.15. The van der Waals surface area contributed by atoms with E-state index in [1.54, 1.807) is 4.90 Å². The lowest BCUT2D eigenvalue weighted by Gasteiger charge is -2.39. The summed E-state index contributed by atoms with van der Waals surface area (Å²) in [6.45, 7) is 0.826. The Morgan fingerprint density at radius 3 is 2.54 bits per heavy atom. The molecule has 13 heavy (non-hydrogen) atoms. The Bertz CT molecular complexity index is 204. The van der Waals surface area contributed by atoms with Crippen LogP contribution in [0.1, 0.15) is 6.42 Å². The Labute approximate surface area is 75.6 Å². The molecular weight excluding hydrogens is 177 g/mol. The molecule has 76 valence electrons. The molecule has 0 radical (unpaired) electrons. The molecule has 3 N–H and O–H groups in total. The van der Waals surface area contributed by atoms with Crippen LogP contribution in [0.25, 0.3) is 0 Å². The minimum atomic E-state index is -1.63. The number of hydrogen-bond acceptors (Lipinski definition) is 4. The van der Waals surface area contributed by atoms with E-state index in [0.29, 0.717) is 13.0 Å². The van der Waals surface area contributed by atoms with E-state index in [-0.39, 0.29) is 6.54 Å². The van der Waals surface area contributed by atoms with Gasteiger partial charge < -0.3 is 15.3 Å². The van der Waals surface area contributed by atoms with Gasteiger partial charge in [-0.3, -0.25) is 4.90 Å². The summed E-state index contributed by atoms with van der Waals surface area (Å²) in [5.41, 5.74) is 0. The molecule has 2 saturated heterocycles. The van der Waals surface area contributed by atoms with E-state index in [1.165, 1.54) is 0 Å². The zero-order valence-corrected chi connectivity index (χ0v) is 7.17. The van der Waals surface area contributed by atoms with Crippen molar-refractivity contribution < 1.29 is 19.7 Å². The highest BCUT2D eigenvalue weighted by Crippen LogP contribution is 2.29. The van der Waals surface area contributed by atoms with Crippen molar-refractivity contribution in [3.63, 3.8) is 0 Å². The SMILES string of the molecule is O[C@@H]1C2[C@@H](O)CCN2C[C@H](O)[C@@H]1F. The minimum absolute atomic E-state index is 0.208. The Hall–Kier alpha value is -0.230. The van der Waals surface area contributed by atoms with Gasteiger partial charge in [0.25, 0.3) is 0 Å². The lowest BCUT2D eigenvalue weighted by atomic mass is 9.94. The van der Waals surface area contributed by atoms with Gasteiger partial charge in [0.2, 0.25) is 0 Å². The van der Waals surface area contributed by atoms with Gasteiger partial charge in [-0.2, -0.15) is 0 Å². The predicted molar refractivity (Wildman–Crippen MR) is 42.9 cm³/mol. The highest BCUT2D eigenvalue weighted by molar-refractivity contribution is 5.01. The quantitative estimate of drug-likeness (QED) is 0.436. The van der Waals surface area contributed by atoms with E-state index in [2.05, 4.69) is 0 Å². The van der Waals surface area contributed by atoms with Crippen molar-refractivity contribution in [3.05, 3.63) is 0 Å². The van der Waals surface area contributed by atoms with E-state index in [9.17, 15) is 19.7 Å². The first-order valence-corrected chi connectivity index (χ1v) is 4.53. The fraction of sp³-hybridized carbons (Fsp3) is 1.00. The van der Waals surface area contributed by atoms with Crippen LogP contribution in [-0.2, 0) is 0 Å². The fourth-order valence-electron chi connectivity index (χ4n) is 2.27. The van der Waals surface area contributed by atoms with E-state index in [4.69, 9.17) is 0 Å². The number of aliphatic hydroxyl groups is 3. The summed E-state index contributed by atoms with van der Waals surface area (Å²) in [6, 6.07) is -0.529. The average molecular weight is 191 g/mol. The van der Waals surface area contributed by atoms with Crippen LogP contribution in [0.4, 0.5) is 4.39 Å². The monoisotopic (exact) mass is 191 g/mol. The highest BCUT2D eigenvalue weighted by atomic mass is 19.1. The van der Waals surface area contributed by atoms with Gasteiger partial charge in [0.05, 0.1) is 12.1 Å². The third kappa shape index (κ3) is 1.36. The van der Waals surface area contributed by atoms with Crippen LogP contribution in [0.15, 0.2) is 0 Å². The minimum Gasteiger partial charge on any atom is -0.391 e.